The molecule has 1 saturated heterocycles. The van der Waals surface area contributed by atoms with E-state index in [4.69, 9.17) is 4.52 Å². The molecule has 0 aromatic carbocycles. The third-order valence-corrected chi connectivity index (χ3v) is 3.52. The van der Waals surface area contributed by atoms with Crippen molar-refractivity contribution in [3.63, 3.8) is 0 Å². The number of hydrogen-bond donors (Lipinski definition) is 0. The third kappa shape index (κ3) is 2.32. The van der Waals surface area contributed by atoms with Crippen molar-refractivity contribution in [2.24, 2.45) is 0 Å². The molecule has 0 aliphatic carbocycles. The molecule has 1 aliphatic rings. The second-order valence-electron chi connectivity index (χ2n) is 5.23. The summed E-state index contributed by atoms with van der Waals surface area (Å²) in [6.45, 7) is 5.09. The molecule has 0 saturated carbocycles. The minimum absolute atomic E-state index is 0.289. The summed E-state index contributed by atoms with van der Waals surface area (Å²) < 4.78 is 5.41. The molecule has 1 atom stereocenters. The van der Waals surface area contributed by atoms with Gasteiger partial charge >= 0.3 is 6.01 Å². The largest absolute Gasteiger partial charge is 0.324 e. The number of aromatic nitrogens is 3. The Labute approximate surface area is 112 Å². The Bertz CT molecular complexity index is 537. The van der Waals surface area contributed by atoms with Crippen LogP contribution in [0.5, 0.6) is 0 Å². The minimum atomic E-state index is 0.289. The fraction of sp³-hybridized carbons (Fsp3) is 0.500. The van der Waals surface area contributed by atoms with Crippen LogP contribution in [0.15, 0.2) is 29.0 Å². The maximum atomic E-state index is 5.41. The van der Waals surface area contributed by atoms with Crippen LogP contribution in [-0.2, 0) is 0 Å². The van der Waals surface area contributed by atoms with Gasteiger partial charge in [0.25, 0.3) is 0 Å². The van der Waals surface area contributed by atoms with Crippen molar-refractivity contribution < 1.29 is 4.52 Å². The Kier molecular flexibility index (Phi) is 3.19. The van der Waals surface area contributed by atoms with E-state index in [1.807, 2.05) is 12.3 Å². The van der Waals surface area contributed by atoms with E-state index in [-0.39, 0.29) is 5.92 Å². The highest BCUT2D eigenvalue weighted by molar-refractivity contribution is 5.35. The topological polar surface area (TPSA) is 55.1 Å². The average molecular weight is 258 g/mol. The summed E-state index contributed by atoms with van der Waals surface area (Å²) in [6.07, 6.45) is 5.96. The highest BCUT2D eigenvalue weighted by Gasteiger charge is 2.30. The Morgan fingerprint density at radius 3 is 3.00 bits per heavy atom. The minimum Gasteiger partial charge on any atom is -0.317 e. The predicted octanol–water partition coefficient (Wildman–Crippen LogP) is 2.93. The van der Waals surface area contributed by atoms with Crippen LogP contribution < -0.4 is 4.90 Å². The maximum Gasteiger partial charge on any atom is 0.324 e. The van der Waals surface area contributed by atoms with Gasteiger partial charge < -0.3 is 9.42 Å². The first-order chi connectivity index (χ1) is 9.25. The molecule has 0 N–H and O–H groups in total. The lowest BCUT2D eigenvalue weighted by molar-refractivity contribution is 0.401. The van der Waals surface area contributed by atoms with E-state index in [0.717, 1.165) is 25.2 Å². The first kappa shape index (κ1) is 12.1. The molecule has 5 nitrogen and oxygen atoms in total. The highest BCUT2D eigenvalue weighted by Crippen LogP contribution is 2.35. The van der Waals surface area contributed by atoms with Gasteiger partial charge in [-0.25, -0.2) is 0 Å². The van der Waals surface area contributed by atoms with E-state index in [9.17, 15) is 0 Å². The summed E-state index contributed by atoms with van der Waals surface area (Å²) in [6, 6.07) is 5.01. The lowest BCUT2D eigenvalue weighted by Crippen LogP contribution is -2.23. The van der Waals surface area contributed by atoms with Crippen molar-refractivity contribution >= 4 is 6.01 Å². The van der Waals surface area contributed by atoms with E-state index in [1.54, 1.807) is 6.20 Å². The van der Waals surface area contributed by atoms with Gasteiger partial charge in [-0.05, 0) is 24.5 Å². The monoisotopic (exact) mass is 258 g/mol. The smallest absolute Gasteiger partial charge is 0.317 e. The van der Waals surface area contributed by atoms with Crippen LogP contribution in [0, 0.1) is 0 Å². The standard InChI is InChI=1S/C14H18N4O/c1-10(2)13-16-14(19-17-13)18-8-4-6-12(18)11-5-3-7-15-9-11/h3,5,7,9-10,12H,4,6,8H2,1-2H3/t12-/m0/s1. The summed E-state index contributed by atoms with van der Waals surface area (Å²) in [5.74, 6) is 1.06. The Hall–Kier alpha value is -1.91. The summed E-state index contributed by atoms with van der Waals surface area (Å²) in [7, 11) is 0. The summed E-state index contributed by atoms with van der Waals surface area (Å²) in [5, 5.41) is 4.04. The van der Waals surface area contributed by atoms with Gasteiger partial charge in [0.2, 0.25) is 0 Å². The second kappa shape index (κ2) is 4.99. The van der Waals surface area contributed by atoms with Crippen molar-refractivity contribution in [2.45, 2.75) is 38.6 Å². The Balaban J connectivity index is 1.86. The molecule has 1 aliphatic heterocycles. The molecule has 100 valence electrons. The molecule has 0 amide bonds. The number of anilines is 1. The van der Waals surface area contributed by atoms with Crippen LogP contribution in [0.3, 0.4) is 0 Å². The van der Waals surface area contributed by atoms with Gasteiger partial charge in [0.05, 0.1) is 6.04 Å². The van der Waals surface area contributed by atoms with Crippen LogP contribution in [0.1, 0.15) is 50.0 Å². The molecule has 2 aromatic rings. The van der Waals surface area contributed by atoms with Gasteiger partial charge in [-0.15, -0.1) is 0 Å². The summed E-state index contributed by atoms with van der Waals surface area (Å²) in [4.78, 5) is 10.9. The number of rotatable bonds is 3. The quantitative estimate of drug-likeness (QED) is 0.847. The number of nitrogens with zero attached hydrogens (tertiary/aromatic N) is 4. The van der Waals surface area contributed by atoms with E-state index >= 15 is 0 Å². The molecule has 3 rings (SSSR count). The maximum absolute atomic E-state index is 5.41. The van der Waals surface area contributed by atoms with Crippen LogP contribution >= 0.6 is 0 Å². The van der Waals surface area contributed by atoms with E-state index in [1.165, 1.54) is 5.56 Å². The Morgan fingerprint density at radius 1 is 1.42 bits per heavy atom. The van der Waals surface area contributed by atoms with Crippen LogP contribution in [0.4, 0.5) is 6.01 Å². The van der Waals surface area contributed by atoms with E-state index < -0.39 is 0 Å². The molecule has 19 heavy (non-hydrogen) atoms. The van der Waals surface area contributed by atoms with E-state index in [2.05, 4.69) is 39.9 Å². The predicted molar refractivity (Wildman–Crippen MR) is 71.9 cm³/mol. The average Bonchev–Trinajstić information content (AvgIpc) is 3.08. The molecule has 3 heterocycles. The summed E-state index contributed by atoms with van der Waals surface area (Å²) >= 11 is 0. The van der Waals surface area contributed by atoms with Crippen molar-refractivity contribution in [1.82, 2.24) is 15.1 Å². The Morgan fingerprint density at radius 2 is 2.32 bits per heavy atom. The summed E-state index contributed by atoms with van der Waals surface area (Å²) in [5.41, 5.74) is 1.21. The SMILES string of the molecule is CC(C)c1noc(N2CCC[C@H]2c2cccnc2)n1. The van der Waals surface area contributed by atoms with Gasteiger partial charge in [0.1, 0.15) is 0 Å². The fourth-order valence-corrected chi connectivity index (χ4v) is 2.49. The van der Waals surface area contributed by atoms with Crippen LogP contribution in [0.25, 0.3) is 0 Å². The molecule has 0 bridgehead atoms. The zero-order valence-corrected chi connectivity index (χ0v) is 11.3. The molecule has 0 radical (unpaired) electrons. The van der Waals surface area contributed by atoms with Gasteiger partial charge in [-0.2, -0.15) is 4.98 Å². The van der Waals surface area contributed by atoms with Crippen molar-refractivity contribution in [2.75, 3.05) is 11.4 Å². The molecule has 0 unspecified atom stereocenters. The van der Waals surface area contributed by atoms with Gasteiger partial charge in [0.15, 0.2) is 5.82 Å². The van der Waals surface area contributed by atoms with Crippen molar-refractivity contribution in [3.8, 4) is 0 Å². The second-order valence-corrected chi connectivity index (χ2v) is 5.23. The lowest BCUT2D eigenvalue weighted by Gasteiger charge is -2.22. The molecular formula is C14H18N4O. The zero-order valence-electron chi connectivity index (χ0n) is 11.3. The van der Waals surface area contributed by atoms with Crippen LogP contribution in [-0.4, -0.2) is 21.7 Å². The molecule has 5 heteroatoms. The molecule has 2 aromatic heterocycles. The van der Waals surface area contributed by atoms with E-state index in [0.29, 0.717) is 12.1 Å². The van der Waals surface area contributed by atoms with Gasteiger partial charge in [-0.3, -0.25) is 4.98 Å². The molecular weight excluding hydrogens is 240 g/mol. The zero-order chi connectivity index (χ0) is 13.2. The number of pyridine rings is 1. The first-order valence-corrected chi connectivity index (χ1v) is 6.76. The normalized spacial score (nSPS) is 19.3. The van der Waals surface area contributed by atoms with Gasteiger partial charge in [-0.1, -0.05) is 25.1 Å². The van der Waals surface area contributed by atoms with Crippen molar-refractivity contribution in [1.29, 1.82) is 0 Å². The number of hydrogen-bond acceptors (Lipinski definition) is 5. The first-order valence-electron chi connectivity index (χ1n) is 6.76. The molecule has 0 spiro atoms. The lowest BCUT2D eigenvalue weighted by atomic mass is 10.1. The molecule has 1 fully saturated rings. The van der Waals surface area contributed by atoms with Gasteiger partial charge in [0, 0.05) is 24.9 Å². The highest BCUT2D eigenvalue weighted by atomic mass is 16.5. The fourth-order valence-electron chi connectivity index (χ4n) is 2.49. The van der Waals surface area contributed by atoms with Crippen molar-refractivity contribution in [3.05, 3.63) is 35.9 Å². The van der Waals surface area contributed by atoms with Crippen LogP contribution in [0.2, 0.25) is 0 Å². The third-order valence-electron chi connectivity index (χ3n) is 3.52.